The lowest BCUT2D eigenvalue weighted by atomic mass is 9.78. The largest absolute Gasteiger partial charge is 0.493 e. The smallest absolute Gasteiger partial charge is 0.166 e. The van der Waals surface area contributed by atoms with Crippen LogP contribution in [0.5, 0.6) is 23.0 Å². The van der Waals surface area contributed by atoms with E-state index in [4.69, 9.17) is 18.9 Å². The molecule has 2 atom stereocenters. The number of allylic oxidation sites excluding steroid dienone is 1. The van der Waals surface area contributed by atoms with Gasteiger partial charge in [0.15, 0.2) is 28.8 Å². The third-order valence-corrected chi connectivity index (χ3v) is 7.01. The molecule has 3 aromatic rings. The number of carbonyl (C=O) groups is 1. The summed E-state index contributed by atoms with van der Waals surface area (Å²) in [5, 5.41) is 7.20. The molecule has 0 radical (unpaired) electrons. The van der Waals surface area contributed by atoms with Crippen molar-refractivity contribution in [3.05, 3.63) is 83.1 Å². The van der Waals surface area contributed by atoms with Gasteiger partial charge in [-0.05, 0) is 55.2 Å². The van der Waals surface area contributed by atoms with Crippen molar-refractivity contribution < 1.29 is 23.7 Å². The third-order valence-electron chi connectivity index (χ3n) is 7.01. The number of benzene rings is 3. The highest BCUT2D eigenvalue weighted by atomic mass is 16.5. The van der Waals surface area contributed by atoms with E-state index < -0.39 is 6.04 Å². The maximum Gasteiger partial charge on any atom is 0.166 e. The number of methoxy groups -OCH3 is 3. The van der Waals surface area contributed by atoms with E-state index in [0.29, 0.717) is 42.4 Å². The van der Waals surface area contributed by atoms with Gasteiger partial charge in [0, 0.05) is 23.3 Å². The fourth-order valence-corrected chi connectivity index (χ4v) is 5.31. The first-order valence-corrected chi connectivity index (χ1v) is 12.5. The number of para-hydroxylation sites is 3. The predicted octanol–water partition coefficient (Wildman–Crippen LogP) is 6.09. The van der Waals surface area contributed by atoms with E-state index in [9.17, 15) is 4.79 Å². The maximum atomic E-state index is 13.9. The monoisotopic (exact) mass is 500 g/mol. The normalized spacial score (nSPS) is 18.5. The van der Waals surface area contributed by atoms with Gasteiger partial charge in [-0.2, -0.15) is 0 Å². The van der Waals surface area contributed by atoms with E-state index in [1.807, 2.05) is 67.6 Å². The molecule has 0 saturated carbocycles. The van der Waals surface area contributed by atoms with Crippen molar-refractivity contribution in [2.75, 3.05) is 38.6 Å². The highest BCUT2D eigenvalue weighted by Gasteiger charge is 2.37. The summed E-state index contributed by atoms with van der Waals surface area (Å²) in [4.78, 5) is 13.9. The van der Waals surface area contributed by atoms with Gasteiger partial charge in [-0.25, -0.2) is 0 Å². The summed E-state index contributed by atoms with van der Waals surface area (Å²) in [6.07, 6.45) is 1.06. The number of hydrogen-bond acceptors (Lipinski definition) is 7. The Morgan fingerprint density at radius 3 is 2.35 bits per heavy atom. The number of ether oxygens (including phenoxy) is 4. The zero-order valence-corrected chi connectivity index (χ0v) is 21.6. The second-order valence-corrected chi connectivity index (χ2v) is 9.09. The second-order valence-electron chi connectivity index (χ2n) is 9.09. The summed E-state index contributed by atoms with van der Waals surface area (Å²) < 4.78 is 22.6. The molecule has 2 aliphatic rings. The molecular formula is C30H32N2O5. The van der Waals surface area contributed by atoms with Crippen LogP contribution in [0.2, 0.25) is 0 Å². The van der Waals surface area contributed by atoms with E-state index in [0.717, 1.165) is 33.8 Å². The van der Waals surface area contributed by atoms with Gasteiger partial charge in [-0.1, -0.05) is 30.3 Å². The number of fused-ring (bicyclic) bond motifs is 1. The van der Waals surface area contributed by atoms with Crippen molar-refractivity contribution in [3.63, 3.8) is 0 Å². The van der Waals surface area contributed by atoms with Crippen molar-refractivity contribution in [1.29, 1.82) is 0 Å². The molecule has 1 aliphatic heterocycles. The van der Waals surface area contributed by atoms with Crippen LogP contribution in [0.1, 0.15) is 42.9 Å². The number of ketones is 1. The Labute approximate surface area is 217 Å². The summed E-state index contributed by atoms with van der Waals surface area (Å²) in [7, 11) is 4.87. The fourth-order valence-electron chi connectivity index (χ4n) is 5.31. The molecule has 7 nitrogen and oxygen atoms in total. The Morgan fingerprint density at radius 2 is 1.62 bits per heavy atom. The molecule has 0 saturated heterocycles. The number of carbonyl (C=O) groups excluding carboxylic acids is 1. The van der Waals surface area contributed by atoms with Gasteiger partial charge in [0.2, 0.25) is 0 Å². The van der Waals surface area contributed by atoms with Crippen LogP contribution in [0.4, 0.5) is 11.4 Å². The zero-order chi connectivity index (χ0) is 25.9. The van der Waals surface area contributed by atoms with Crippen LogP contribution in [0.15, 0.2) is 71.9 Å². The van der Waals surface area contributed by atoms with Crippen LogP contribution in [0.3, 0.4) is 0 Å². The van der Waals surface area contributed by atoms with Crippen LogP contribution in [-0.4, -0.2) is 33.7 Å². The quantitative estimate of drug-likeness (QED) is 0.406. The van der Waals surface area contributed by atoms with Gasteiger partial charge in [-0.3, -0.25) is 4.79 Å². The van der Waals surface area contributed by atoms with E-state index in [1.165, 1.54) is 0 Å². The number of anilines is 2. The topological polar surface area (TPSA) is 78.1 Å². The van der Waals surface area contributed by atoms with Crippen molar-refractivity contribution in [2.24, 2.45) is 0 Å². The van der Waals surface area contributed by atoms with Crippen LogP contribution >= 0.6 is 0 Å². The molecule has 2 unspecified atom stereocenters. The third kappa shape index (κ3) is 4.57. The summed E-state index contributed by atoms with van der Waals surface area (Å²) in [5.74, 6) is 2.69. The Bertz CT molecular complexity index is 1350. The van der Waals surface area contributed by atoms with Crippen molar-refractivity contribution in [3.8, 4) is 23.0 Å². The lowest BCUT2D eigenvalue weighted by Crippen LogP contribution is -2.27. The molecule has 5 rings (SSSR count). The molecule has 2 N–H and O–H groups in total. The lowest BCUT2D eigenvalue weighted by Gasteiger charge is -2.31. The second kappa shape index (κ2) is 10.5. The summed E-state index contributed by atoms with van der Waals surface area (Å²) in [6, 6.07) is 19.3. The standard InChI is InChI=1S/C30H32N2O5/c1-5-37-25-14-13-18(17-27(25)35-3)19-15-23-28(24(33)16-19)29(32-22-11-7-6-10-21(22)31-23)20-9-8-12-26(34-2)30(20)36-4/h6-14,17,19,29,31-32H,5,15-16H2,1-4H3. The van der Waals surface area contributed by atoms with Gasteiger partial charge in [0.1, 0.15) is 0 Å². The van der Waals surface area contributed by atoms with E-state index in [2.05, 4.69) is 10.6 Å². The predicted molar refractivity (Wildman–Crippen MR) is 144 cm³/mol. The van der Waals surface area contributed by atoms with E-state index >= 15 is 0 Å². The molecular weight excluding hydrogens is 468 g/mol. The zero-order valence-electron chi connectivity index (χ0n) is 21.6. The highest BCUT2D eigenvalue weighted by molar-refractivity contribution is 6.01. The molecule has 1 heterocycles. The molecule has 0 bridgehead atoms. The average molecular weight is 501 g/mol. The summed E-state index contributed by atoms with van der Waals surface area (Å²) >= 11 is 0. The van der Waals surface area contributed by atoms with E-state index in [1.54, 1.807) is 21.3 Å². The first-order chi connectivity index (χ1) is 18.1. The molecule has 0 amide bonds. The Balaban J connectivity index is 1.60. The Hall–Kier alpha value is -4.13. The van der Waals surface area contributed by atoms with Crippen LogP contribution in [0, 0.1) is 0 Å². The Morgan fingerprint density at radius 1 is 0.838 bits per heavy atom. The molecule has 3 aromatic carbocycles. The van der Waals surface area contributed by atoms with Gasteiger partial charge < -0.3 is 29.6 Å². The van der Waals surface area contributed by atoms with Crippen molar-refractivity contribution in [2.45, 2.75) is 31.7 Å². The van der Waals surface area contributed by atoms with Crippen molar-refractivity contribution in [1.82, 2.24) is 0 Å². The molecule has 0 aromatic heterocycles. The first kappa shape index (κ1) is 24.6. The minimum absolute atomic E-state index is 0.00134. The van der Waals surface area contributed by atoms with Gasteiger partial charge in [-0.15, -0.1) is 0 Å². The molecule has 37 heavy (non-hydrogen) atoms. The highest BCUT2D eigenvalue weighted by Crippen LogP contribution is 2.47. The molecule has 1 aliphatic carbocycles. The van der Waals surface area contributed by atoms with E-state index in [-0.39, 0.29) is 11.7 Å². The minimum atomic E-state index is -0.403. The fraction of sp³-hybridized carbons (Fsp3) is 0.300. The summed E-state index contributed by atoms with van der Waals surface area (Å²) in [6.45, 7) is 2.50. The average Bonchev–Trinajstić information content (AvgIpc) is 3.09. The minimum Gasteiger partial charge on any atom is -0.493 e. The summed E-state index contributed by atoms with van der Waals surface area (Å²) in [5.41, 5.74) is 5.36. The van der Waals surface area contributed by atoms with Gasteiger partial charge in [0.25, 0.3) is 0 Å². The maximum absolute atomic E-state index is 13.9. The molecule has 192 valence electrons. The van der Waals surface area contributed by atoms with Crippen LogP contribution in [0.25, 0.3) is 0 Å². The number of rotatable bonds is 7. The molecule has 7 heteroatoms. The molecule has 0 spiro atoms. The lowest BCUT2D eigenvalue weighted by molar-refractivity contribution is -0.116. The van der Waals surface area contributed by atoms with Gasteiger partial charge >= 0.3 is 0 Å². The van der Waals surface area contributed by atoms with Crippen LogP contribution in [-0.2, 0) is 4.79 Å². The molecule has 0 fully saturated rings. The number of hydrogen-bond donors (Lipinski definition) is 2. The Kier molecular flexibility index (Phi) is 6.95. The number of nitrogens with one attached hydrogen (secondary N) is 2. The number of Topliss-reactive ketones (excluding diaryl/α,β-unsaturated/α-hetero) is 1. The van der Waals surface area contributed by atoms with Gasteiger partial charge in [0.05, 0.1) is 45.4 Å². The SMILES string of the molecule is CCOc1ccc(C2CC(=O)C3=C(C2)Nc2ccccc2NC3c2cccc(OC)c2OC)cc1OC. The van der Waals surface area contributed by atoms with Crippen LogP contribution < -0.4 is 29.6 Å². The van der Waals surface area contributed by atoms with Crippen molar-refractivity contribution >= 4 is 17.2 Å². The first-order valence-electron chi connectivity index (χ1n) is 12.5.